The molecule has 0 amide bonds. The molecule has 1 aromatic carbocycles. The molecule has 1 aromatic rings. The topological polar surface area (TPSA) is 0 Å². The minimum absolute atomic E-state index is 0.00194. The van der Waals surface area contributed by atoms with E-state index in [4.69, 9.17) is 0 Å². The van der Waals surface area contributed by atoms with Crippen LogP contribution in [0.4, 0.5) is 13.2 Å². The standard InChI is InChI=1S/C10H11F3Si/c1-5-6(2)8(14)4-3-7(5)9(11)10(12)13/h3-4H,1-2,14H3. The second-order valence-corrected chi connectivity index (χ2v) is 4.33. The SMILES string of the molecule is Cc1c([SiH3])ccc(C(F)=C(F)F)c1C. The molecule has 0 atom stereocenters. The van der Waals surface area contributed by atoms with E-state index in [9.17, 15) is 13.2 Å². The summed E-state index contributed by atoms with van der Waals surface area (Å²) >= 11 is 0. The molecule has 0 saturated carbocycles. The van der Waals surface area contributed by atoms with Crippen LogP contribution in [-0.2, 0) is 0 Å². The Morgan fingerprint density at radius 3 is 2.14 bits per heavy atom. The molecule has 0 unspecified atom stereocenters. The predicted molar refractivity (Wildman–Crippen MR) is 55.7 cm³/mol. The third-order valence-electron chi connectivity index (χ3n) is 2.46. The molecule has 0 N–H and O–H groups in total. The van der Waals surface area contributed by atoms with Crippen LogP contribution in [0.2, 0.25) is 0 Å². The molecule has 0 spiro atoms. The van der Waals surface area contributed by atoms with E-state index in [1.807, 2.05) is 6.92 Å². The van der Waals surface area contributed by atoms with E-state index >= 15 is 0 Å². The van der Waals surface area contributed by atoms with Crippen molar-refractivity contribution in [2.24, 2.45) is 0 Å². The first-order valence-corrected chi connectivity index (χ1v) is 5.23. The summed E-state index contributed by atoms with van der Waals surface area (Å²) < 4.78 is 37.1. The number of benzene rings is 1. The second-order valence-electron chi connectivity index (χ2n) is 3.25. The Morgan fingerprint density at radius 2 is 1.64 bits per heavy atom. The van der Waals surface area contributed by atoms with Crippen LogP contribution >= 0.6 is 0 Å². The lowest BCUT2D eigenvalue weighted by Crippen LogP contribution is -2.09. The molecule has 0 aromatic heterocycles. The monoisotopic (exact) mass is 216 g/mol. The van der Waals surface area contributed by atoms with Crippen molar-refractivity contribution in [3.63, 3.8) is 0 Å². The zero-order valence-electron chi connectivity index (χ0n) is 8.29. The van der Waals surface area contributed by atoms with Gasteiger partial charge in [0, 0.05) is 15.8 Å². The average molecular weight is 216 g/mol. The molecule has 76 valence electrons. The van der Waals surface area contributed by atoms with Gasteiger partial charge >= 0.3 is 6.08 Å². The molecular formula is C10H11F3Si. The van der Waals surface area contributed by atoms with E-state index in [1.165, 1.54) is 6.07 Å². The van der Waals surface area contributed by atoms with E-state index in [0.717, 1.165) is 21.0 Å². The van der Waals surface area contributed by atoms with Gasteiger partial charge in [-0.15, -0.1) is 0 Å². The lowest BCUT2D eigenvalue weighted by molar-refractivity contribution is 0.410. The summed E-state index contributed by atoms with van der Waals surface area (Å²) in [7, 11) is 0.839. The van der Waals surface area contributed by atoms with Crippen molar-refractivity contribution in [3.8, 4) is 0 Å². The summed E-state index contributed by atoms with van der Waals surface area (Å²) in [5.41, 5.74) is 1.51. The molecule has 0 aliphatic rings. The zero-order chi connectivity index (χ0) is 10.9. The van der Waals surface area contributed by atoms with Gasteiger partial charge in [0.15, 0.2) is 5.83 Å². The minimum Gasteiger partial charge on any atom is -0.200 e. The number of hydrogen-bond acceptors (Lipinski definition) is 0. The van der Waals surface area contributed by atoms with Crippen molar-refractivity contribution >= 4 is 21.3 Å². The summed E-state index contributed by atoms with van der Waals surface area (Å²) in [6.45, 7) is 3.49. The summed E-state index contributed by atoms with van der Waals surface area (Å²) in [6.07, 6.45) is -2.26. The van der Waals surface area contributed by atoms with Crippen LogP contribution < -0.4 is 5.19 Å². The van der Waals surface area contributed by atoms with Gasteiger partial charge in [-0.2, -0.15) is 8.78 Å². The van der Waals surface area contributed by atoms with Crippen LogP contribution in [0, 0.1) is 13.8 Å². The molecule has 0 fully saturated rings. The van der Waals surface area contributed by atoms with E-state index < -0.39 is 11.9 Å². The van der Waals surface area contributed by atoms with Crippen LogP contribution in [-0.4, -0.2) is 10.2 Å². The normalized spacial score (nSPS) is 10.4. The second kappa shape index (κ2) is 4.00. The third-order valence-corrected chi connectivity index (χ3v) is 3.54. The van der Waals surface area contributed by atoms with Crippen LogP contribution in [0.1, 0.15) is 16.7 Å². The Hall–Kier alpha value is -1.03. The summed E-state index contributed by atoms with van der Waals surface area (Å²) in [5, 5.41) is 1.11. The first kappa shape index (κ1) is 11.0. The van der Waals surface area contributed by atoms with Crippen molar-refractivity contribution in [1.29, 1.82) is 0 Å². The fourth-order valence-electron chi connectivity index (χ4n) is 1.30. The summed E-state index contributed by atoms with van der Waals surface area (Å²) in [6, 6.07) is 3.12. The molecule has 4 heteroatoms. The molecular weight excluding hydrogens is 205 g/mol. The molecule has 14 heavy (non-hydrogen) atoms. The molecule has 0 aliphatic heterocycles. The highest BCUT2D eigenvalue weighted by atomic mass is 28.1. The molecule has 0 nitrogen and oxygen atoms in total. The van der Waals surface area contributed by atoms with Gasteiger partial charge in [-0.1, -0.05) is 17.3 Å². The molecule has 0 radical (unpaired) electrons. The van der Waals surface area contributed by atoms with Crippen LogP contribution in [0.5, 0.6) is 0 Å². The van der Waals surface area contributed by atoms with Gasteiger partial charge in [-0.05, 0) is 25.0 Å². The number of halogens is 3. The van der Waals surface area contributed by atoms with Gasteiger partial charge in [-0.3, -0.25) is 0 Å². The Bertz CT molecular complexity index is 393. The summed E-state index contributed by atoms with van der Waals surface area (Å²) in [5.74, 6) is -1.41. The van der Waals surface area contributed by atoms with E-state index in [-0.39, 0.29) is 5.56 Å². The maximum atomic E-state index is 13.0. The van der Waals surface area contributed by atoms with E-state index in [0.29, 0.717) is 5.56 Å². The van der Waals surface area contributed by atoms with Crippen LogP contribution in [0.3, 0.4) is 0 Å². The lowest BCUT2D eigenvalue weighted by Gasteiger charge is -2.08. The average Bonchev–Trinajstić information content (AvgIpc) is 2.13. The lowest BCUT2D eigenvalue weighted by atomic mass is 10.0. The Morgan fingerprint density at radius 1 is 1.07 bits per heavy atom. The highest BCUT2D eigenvalue weighted by Gasteiger charge is 2.12. The Kier molecular flexibility index (Phi) is 3.16. The minimum atomic E-state index is -2.26. The zero-order valence-corrected chi connectivity index (χ0v) is 10.3. The van der Waals surface area contributed by atoms with Crippen molar-refractivity contribution in [2.45, 2.75) is 13.8 Å². The summed E-state index contributed by atoms with van der Waals surface area (Å²) in [4.78, 5) is 0. The van der Waals surface area contributed by atoms with Crippen molar-refractivity contribution < 1.29 is 13.2 Å². The van der Waals surface area contributed by atoms with Crippen molar-refractivity contribution in [1.82, 2.24) is 0 Å². The van der Waals surface area contributed by atoms with Crippen LogP contribution in [0.15, 0.2) is 18.2 Å². The Balaban J connectivity index is 3.39. The maximum Gasteiger partial charge on any atom is 0.306 e. The smallest absolute Gasteiger partial charge is 0.200 e. The highest BCUT2D eigenvalue weighted by molar-refractivity contribution is 6.33. The molecule has 0 aliphatic carbocycles. The first-order chi connectivity index (χ1) is 6.45. The first-order valence-electron chi connectivity index (χ1n) is 4.23. The van der Waals surface area contributed by atoms with E-state index in [2.05, 4.69) is 0 Å². The molecule has 0 saturated heterocycles. The maximum absolute atomic E-state index is 13.0. The third kappa shape index (κ3) is 1.90. The molecule has 0 bridgehead atoms. The van der Waals surface area contributed by atoms with Gasteiger partial charge in [-0.25, -0.2) is 4.39 Å². The largest absolute Gasteiger partial charge is 0.306 e. The van der Waals surface area contributed by atoms with Crippen molar-refractivity contribution in [2.75, 3.05) is 0 Å². The molecule has 0 heterocycles. The van der Waals surface area contributed by atoms with Crippen molar-refractivity contribution in [3.05, 3.63) is 34.9 Å². The molecule has 1 rings (SSSR count). The van der Waals surface area contributed by atoms with Gasteiger partial charge in [0.05, 0.1) is 0 Å². The van der Waals surface area contributed by atoms with Gasteiger partial charge in [0.1, 0.15) is 0 Å². The van der Waals surface area contributed by atoms with E-state index in [1.54, 1.807) is 13.0 Å². The fourth-order valence-corrected chi connectivity index (χ4v) is 1.84. The predicted octanol–water partition coefficient (Wildman–Crippen LogP) is 1.83. The van der Waals surface area contributed by atoms with Gasteiger partial charge in [0.25, 0.3) is 0 Å². The number of rotatable bonds is 1. The number of hydrogen-bond donors (Lipinski definition) is 0. The Labute approximate surface area is 83.9 Å². The fraction of sp³-hybridized carbons (Fsp3) is 0.200. The highest BCUT2D eigenvalue weighted by Crippen LogP contribution is 2.25. The van der Waals surface area contributed by atoms with Crippen LogP contribution in [0.25, 0.3) is 5.83 Å². The van der Waals surface area contributed by atoms with Gasteiger partial charge < -0.3 is 0 Å². The quantitative estimate of drug-likeness (QED) is 0.628. The van der Waals surface area contributed by atoms with Gasteiger partial charge in [0.2, 0.25) is 0 Å².